The van der Waals surface area contributed by atoms with Crippen LogP contribution in [-0.4, -0.2) is 49.5 Å². The minimum absolute atomic E-state index is 0.0655. The van der Waals surface area contributed by atoms with E-state index in [0.717, 1.165) is 18.4 Å². The summed E-state index contributed by atoms with van der Waals surface area (Å²) < 4.78 is 52.9. The van der Waals surface area contributed by atoms with E-state index in [1.807, 2.05) is 0 Å². The maximum atomic E-state index is 13.8. The molecular weight excluding hydrogens is 500 g/mol. The Labute approximate surface area is 210 Å². The van der Waals surface area contributed by atoms with Crippen molar-refractivity contribution in [3.63, 3.8) is 0 Å². The summed E-state index contributed by atoms with van der Waals surface area (Å²) in [5.74, 6) is -3.54. The van der Waals surface area contributed by atoms with Crippen LogP contribution in [0.5, 0.6) is 0 Å². The van der Waals surface area contributed by atoms with Crippen LogP contribution in [0.15, 0.2) is 42.5 Å². The lowest BCUT2D eigenvalue weighted by Gasteiger charge is -2.34. The Hall–Kier alpha value is -2.72. The summed E-state index contributed by atoms with van der Waals surface area (Å²) in [5.41, 5.74) is -0.235. The molecule has 192 valence electrons. The molecule has 0 heterocycles. The number of hydrogen-bond acceptors (Lipinski definition) is 4. The Morgan fingerprint density at radius 1 is 1.09 bits per heavy atom. The average Bonchev–Trinajstić information content (AvgIpc) is 2.73. The Kier molecular flexibility index (Phi) is 9.24. The molecule has 0 spiro atoms. The Bertz CT molecular complexity index is 1190. The van der Waals surface area contributed by atoms with Gasteiger partial charge in [0.15, 0.2) is 11.6 Å². The van der Waals surface area contributed by atoms with Crippen molar-refractivity contribution in [1.82, 2.24) is 10.2 Å². The highest BCUT2D eigenvalue weighted by molar-refractivity contribution is 7.92. The molecule has 0 fully saturated rings. The number of sulfonamides is 1. The van der Waals surface area contributed by atoms with E-state index in [0.29, 0.717) is 21.0 Å². The van der Waals surface area contributed by atoms with E-state index in [4.69, 9.17) is 11.6 Å². The van der Waals surface area contributed by atoms with Gasteiger partial charge in [-0.3, -0.25) is 13.9 Å². The lowest BCUT2D eigenvalue weighted by Crippen LogP contribution is -2.55. The van der Waals surface area contributed by atoms with Crippen molar-refractivity contribution in [1.29, 1.82) is 0 Å². The second kappa shape index (κ2) is 11.3. The first-order valence-electron chi connectivity index (χ1n) is 10.9. The molecule has 0 saturated heterocycles. The molecule has 7 nitrogen and oxygen atoms in total. The lowest BCUT2D eigenvalue weighted by molar-refractivity contribution is -0.141. The molecule has 0 saturated carbocycles. The SMILES string of the molecule is CCC(C(=O)NC(C)(C)C)N(Cc1ccccc1Cl)C(=O)CN(c1ccc(F)c(F)c1)S(C)(=O)=O. The first-order valence-corrected chi connectivity index (χ1v) is 13.1. The largest absolute Gasteiger partial charge is 0.350 e. The van der Waals surface area contributed by atoms with E-state index in [2.05, 4.69) is 5.32 Å². The molecule has 1 unspecified atom stereocenters. The fourth-order valence-corrected chi connectivity index (χ4v) is 4.47. The van der Waals surface area contributed by atoms with E-state index in [-0.39, 0.29) is 18.7 Å². The first kappa shape index (κ1) is 28.5. The van der Waals surface area contributed by atoms with Gasteiger partial charge in [-0.2, -0.15) is 0 Å². The number of carbonyl (C=O) groups is 2. The molecule has 0 bridgehead atoms. The highest BCUT2D eigenvalue weighted by Crippen LogP contribution is 2.23. The highest BCUT2D eigenvalue weighted by Gasteiger charge is 2.33. The van der Waals surface area contributed by atoms with Crippen LogP contribution in [0.1, 0.15) is 39.7 Å². The van der Waals surface area contributed by atoms with Gasteiger partial charge in [-0.25, -0.2) is 17.2 Å². The van der Waals surface area contributed by atoms with Crippen LogP contribution in [0.2, 0.25) is 5.02 Å². The number of hydrogen-bond donors (Lipinski definition) is 1. The molecule has 2 rings (SSSR count). The molecule has 0 aromatic heterocycles. The van der Waals surface area contributed by atoms with Gasteiger partial charge in [-0.05, 0) is 51.0 Å². The number of anilines is 1. The zero-order chi connectivity index (χ0) is 26.6. The van der Waals surface area contributed by atoms with Gasteiger partial charge in [-0.1, -0.05) is 36.7 Å². The van der Waals surface area contributed by atoms with Gasteiger partial charge in [-0.15, -0.1) is 0 Å². The molecule has 1 N–H and O–H groups in total. The van der Waals surface area contributed by atoms with E-state index in [1.165, 1.54) is 4.90 Å². The van der Waals surface area contributed by atoms with Crippen molar-refractivity contribution in [3.8, 4) is 0 Å². The third kappa shape index (κ3) is 7.90. The lowest BCUT2D eigenvalue weighted by atomic mass is 10.1. The maximum absolute atomic E-state index is 13.8. The second-order valence-electron chi connectivity index (χ2n) is 9.14. The monoisotopic (exact) mass is 529 g/mol. The molecule has 2 amide bonds. The molecule has 0 aliphatic heterocycles. The van der Waals surface area contributed by atoms with Gasteiger partial charge in [0.1, 0.15) is 12.6 Å². The Morgan fingerprint density at radius 3 is 2.23 bits per heavy atom. The highest BCUT2D eigenvalue weighted by atomic mass is 35.5. The molecular formula is C24H30ClF2N3O4S. The van der Waals surface area contributed by atoms with Gasteiger partial charge in [0.2, 0.25) is 21.8 Å². The van der Waals surface area contributed by atoms with Crippen molar-refractivity contribution >= 4 is 39.1 Å². The van der Waals surface area contributed by atoms with Crippen LogP contribution in [0.4, 0.5) is 14.5 Å². The molecule has 1 atom stereocenters. The molecule has 2 aromatic carbocycles. The van der Waals surface area contributed by atoms with Crippen LogP contribution in [0.3, 0.4) is 0 Å². The van der Waals surface area contributed by atoms with E-state index in [1.54, 1.807) is 52.0 Å². The summed E-state index contributed by atoms with van der Waals surface area (Å²) in [6.45, 7) is 6.33. The topological polar surface area (TPSA) is 86.8 Å². The summed E-state index contributed by atoms with van der Waals surface area (Å²) in [6, 6.07) is 8.38. The van der Waals surface area contributed by atoms with Gasteiger partial charge in [0, 0.05) is 23.2 Å². The van der Waals surface area contributed by atoms with Crippen molar-refractivity contribution in [2.45, 2.75) is 52.2 Å². The van der Waals surface area contributed by atoms with Crippen LogP contribution in [-0.2, 0) is 26.2 Å². The van der Waals surface area contributed by atoms with Gasteiger partial charge < -0.3 is 10.2 Å². The number of nitrogens with zero attached hydrogens (tertiary/aromatic N) is 2. The predicted octanol–water partition coefficient (Wildman–Crippen LogP) is 4.11. The maximum Gasteiger partial charge on any atom is 0.244 e. The minimum atomic E-state index is -4.07. The third-order valence-corrected chi connectivity index (χ3v) is 6.56. The predicted molar refractivity (Wildman–Crippen MR) is 133 cm³/mol. The fourth-order valence-electron chi connectivity index (χ4n) is 3.44. The van der Waals surface area contributed by atoms with Crippen LogP contribution in [0.25, 0.3) is 0 Å². The van der Waals surface area contributed by atoms with Crippen LogP contribution in [0, 0.1) is 11.6 Å². The second-order valence-corrected chi connectivity index (χ2v) is 11.5. The number of carbonyl (C=O) groups excluding carboxylic acids is 2. The fraction of sp³-hybridized carbons (Fsp3) is 0.417. The molecule has 0 radical (unpaired) electrons. The number of benzene rings is 2. The quantitative estimate of drug-likeness (QED) is 0.529. The van der Waals surface area contributed by atoms with Crippen LogP contribution >= 0.6 is 11.6 Å². The smallest absolute Gasteiger partial charge is 0.244 e. The van der Waals surface area contributed by atoms with Crippen molar-refractivity contribution in [3.05, 3.63) is 64.7 Å². The normalized spacial score (nSPS) is 12.7. The van der Waals surface area contributed by atoms with Crippen molar-refractivity contribution in [2.24, 2.45) is 0 Å². The van der Waals surface area contributed by atoms with Gasteiger partial charge >= 0.3 is 0 Å². The first-order chi connectivity index (χ1) is 16.1. The van der Waals surface area contributed by atoms with E-state index < -0.39 is 51.6 Å². The summed E-state index contributed by atoms with van der Waals surface area (Å²) >= 11 is 6.29. The Morgan fingerprint density at radius 2 is 1.71 bits per heavy atom. The summed E-state index contributed by atoms with van der Waals surface area (Å²) in [7, 11) is -4.07. The average molecular weight is 530 g/mol. The molecule has 11 heteroatoms. The van der Waals surface area contributed by atoms with E-state index in [9.17, 15) is 26.8 Å². The van der Waals surface area contributed by atoms with Crippen LogP contribution < -0.4 is 9.62 Å². The minimum Gasteiger partial charge on any atom is -0.350 e. The van der Waals surface area contributed by atoms with Gasteiger partial charge in [0.05, 0.1) is 11.9 Å². The number of amides is 2. The number of rotatable bonds is 9. The van der Waals surface area contributed by atoms with Crippen molar-refractivity contribution in [2.75, 3.05) is 17.1 Å². The molecule has 0 aliphatic rings. The summed E-state index contributed by atoms with van der Waals surface area (Å²) in [4.78, 5) is 27.9. The zero-order valence-electron chi connectivity index (χ0n) is 20.3. The summed E-state index contributed by atoms with van der Waals surface area (Å²) in [6.07, 6.45) is 1.09. The summed E-state index contributed by atoms with van der Waals surface area (Å²) in [5, 5.41) is 3.22. The third-order valence-electron chi connectivity index (χ3n) is 5.05. The number of nitrogens with one attached hydrogen (secondary N) is 1. The van der Waals surface area contributed by atoms with E-state index >= 15 is 0 Å². The number of halogens is 3. The molecule has 0 aliphatic carbocycles. The molecule has 35 heavy (non-hydrogen) atoms. The Balaban J connectivity index is 2.49. The molecule has 2 aromatic rings. The van der Waals surface area contributed by atoms with Crippen molar-refractivity contribution < 1.29 is 26.8 Å². The standard InChI is InChI=1S/C24H30ClF2N3O4S/c1-6-21(23(32)28-24(2,3)4)29(14-16-9-7-8-10-18(16)25)22(31)15-30(35(5,33)34)17-11-12-19(26)20(27)13-17/h7-13,21H,6,14-15H2,1-5H3,(H,28,32). The zero-order valence-corrected chi connectivity index (χ0v) is 21.9. The van der Waals surface area contributed by atoms with Gasteiger partial charge in [0.25, 0.3) is 0 Å².